The maximum Gasteiger partial charge on any atom is 0.407 e. The van der Waals surface area contributed by atoms with E-state index in [4.69, 9.17) is 9.47 Å². The van der Waals surface area contributed by atoms with Gasteiger partial charge in [0.25, 0.3) is 0 Å². The highest BCUT2D eigenvalue weighted by Gasteiger charge is 2.27. The Balaban J connectivity index is 2.94. The molecule has 0 aliphatic heterocycles. The van der Waals surface area contributed by atoms with E-state index in [1.807, 2.05) is 13.8 Å². The maximum atomic E-state index is 12.9. The third-order valence-corrected chi connectivity index (χ3v) is 5.61. The highest BCUT2D eigenvalue weighted by Crippen LogP contribution is 2.29. The number of benzene rings is 1. The van der Waals surface area contributed by atoms with Gasteiger partial charge in [-0.2, -0.15) is 4.31 Å². The Morgan fingerprint density at radius 2 is 1.77 bits per heavy atom. The molecule has 1 atom stereocenters. The molecule has 148 valence electrons. The number of nitrogens with zero attached hydrogens (tertiary/aromatic N) is 1. The van der Waals surface area contributed by atoms with E-state index in [-0.39, 0.29) is 11.4 Å². The smallest absolute Gasteiger partial charge is 0.407 e. The molecule has 0 saturated carbocycles. The lowest BCUT2D eigenvalue weighted by Crippen LogP contribution is -2.44. The van der Waals surface area contributed by atoms with Crippen molar-refractivity contribution in [3.63, 3.8) is 0 Å². The van der Waals surface area contributed by atoms with Crippen molar-refractivity contribution in [2.75, 3.05) is 20.7 Å². The molecule has 0 aliphatic rings. The molecule has 1 N–H and O–H groups in total. The molecule has 0 heterocycles. The topological polar surface area (TPSA) is 84.9 Å². The molecule has 0 radical (unpaired) electrons. The van der Waals surface area contributed by atoms with Crippen molar-refractivity contribution in [1.29, 1.82) is 0 Å². The van der Waals surface area contributed by atoms with Gasteiger partial charge in [0.1, 0.15) is 16.2 Å². The fourth-order valence-corrected chi connectivity index (χ4v) is 3.81. The molecule has 0 fully saturated rings. The quantitative estimate of drug-likeness (QED) is 0.813. The Morgan fingerprint density at radius 3 is 2.27 bits per heavy atom. The average Bonchev–Trinajstić information content (AvgIpc) is 2.46. The SMILES string of the molecule is COc1cc(C)c(C)cc1S(=O)(=O)N(C)C[C@@H](C)NC(=O)OC(C)(C)C. The molecule has 26 heavy (non-hydrogen) atoms. The van der Waals surface area contributed by atoms with Crippen LogP contribution in [0.3, 0.4) is 0 Å². The summed E-state index contributed by atoms with van der Waals surface area (Å²) in [5.41, 5.74) is 1.19. The van der Waals surface area contributed by atoms with Gasteiger partial charge in [0.05, 0.1) is 7.11 Å². The standard InChI is InChI=1S/C18H30N2O5S/c1-12-9-15(24-8)16(10-13(12)2)26(22,23)20(7)11-14(3)19-17(21)25-18(4,5)6/h9-10,14H,11H2,1-8H3,(H,19,21)/t14-/m1/s1. The van der Waals surface area contributed by atoms with E-state index in [0.717, 1.165) is 11.1 Å². The van der Waals surface area contributed by atoms with Crippen LogP contribution in [0.25, 0.3) is 0 Å². The molecular weight excluding hydrogens is 356 g/mol. The summed E-state index contributed by atoms with van der Waals surface area (Å²) >= 11 is 0. The Bertz CT molecular complexity index is 754. The zero-order valence-electron chi connectivity index (χ0n) is 16.8. The first-order chi connectivity index (χ1) is 11.8. The lowest BCUT2D eigenvalue weighted by atomic mass is 10.1. The fourth-order valence-electron chi connectivity index (χ4n) is 2.33. The van der Waals surface area contributed by atoms with E-state index >= 15 is 0 Å². The summed E-state index contributed by atoms with van der Waals surface area (Å²) in [5.74, 6) is 0.299. The number of nitrogens with one attached hydrogen (secondary N) is 1. The number of sulfonamides is 1. The highest BCUT2D eigenvalue weighted by molar-refractivity contribution is 7.89. The van der Waals surface area contributed by atoms with Gasteiger partial charge in [-0.05, 0) is 64.8 Å². The molecule has 1 aromatic carbocycles. The molecule has 1 aromatic rings. The third-order valence-electron chi connectivity index (χ3n) is 3.76. The Hall–Kier alpha value is -1.80. The van der Waals surface area contributed by atoms with E-state index in [1.54, 1.807) is 39.8 Å². The summed E-state index contributed by atoms with van der Waals surface area (Å²) < 4.78 is 37.5. The molecule has 7 nitrogen and oxygen atoms in total. The summed E-state index contributed by atoms with van der Waals surface area (Å²) in [5, 5.41) is 2.64. The average molecular weight is 387 g/mol. The van der Waals surface area contributed by atoms with Crippen molar-refractivity contribution in [3.05, 3.63) is 23.3 Å². The Morgan fingerprint density at radius 1 is 1.23 bits per heavy atom. The summed E-state index contributed by atoms with van der Waals surface area (Å²) in [6, 6.07) is 2.88. The van der Waals surface area contributed by atoms with E-state index < -0.39 is 27.8 Å². The van der Waals surface area contributed by atoms with Crippen LogP contribution < -0.4 is 10.1 Å². The van der Waals surface area contributed by atoms with Gasteiger partial charge in [-0.1, -0.05) is 0 Å². The monoisotopic (exact) mass is 386 g/mol. The fraction of sp³-hybridized carbons (Fsp3) is 0.611. The first kappa shape index (κ1) is 22.2. The number of aryl methyl sites for hydroxylation is 2. The minimum Gasteiger partial charge on any atom is -0.495 e. The van der Waals surface area contributed by atoms with E-state index in [0.29, 0.717) is 5.75 Å². The minimum absolute atomic E-state index is 0.0949. The van der Waals surface area contributed by atoms with Crippen molar-refractivity contribution in [3.8, 4) is 5.75 Å². The van der Waals surface area contributed by atoms with Crippen LogP contribution in [-0.4, -0.2) is 51.2 Å². The molecule has 0 bridgehead atoms. The van der Waals surface area contributed by atoms with Gasteiger partial charge < -0.3 is 14.8 Å². The van der Waals surface area contributed by atoms with Crippen LogP contribution >= 0.6 is 0 Å². The van der Waals surface area contributed by atoms with Gasteiger partial charge >= 0.3 is 6.09 Å². The second-order valence-corrected chi connectivity index (χ2v) is 9.43. The van der Waals surface area contributed by atoms with E-state index in [2.05, 4.69) is 5.32 Å². The number of methoxy groups -OCH3 is 1. The van der Waals surface area contributed by atoms with Crippen molar-refractivity contribution in [2.45, 2.75) is 58.1 Å². The molecule has 1 amide bonds. The van der Waals surface area contributed by atoms with Crippen LogP contribution in [0.4, 0.5) is 4.79 Å². The van der Waals surface area contributed by atoms with Crippen LogP contribution in [-0.2, 0) is 14.8 Å². The molecule has 0 spiro atoms. The van der Waals surface area contributed by atoms with E-state index in [9.17, 15) is 13.2 Å². The van der Waals surface area contributed by atoms with Crippen molar-refractivity contribution >= 4 is 16.1 Å². The molecular formula is C18H30N2O5S. The summed E-state index contributed by atoms with van der Waals surface area (Å²) in [6.45, 7) is 10.8. The number of hydrogen-bond donors (Lipinski definition) is 1. The van der Waals surface area contributed by atoms with Crippen molar-refractivity contribution < 1.29 is 22.7 Å². The normalized spacial score (nSPS) is 13.4. The number of ether oxygens (including phenoxy) is 2. The Labute approximate surface area is 156 Å². The van der Waals surface area contributed by atoms with Gasteiger partial charge in [-0.25, -0.2) is 13.2 Å². The number of likely N-dealkylation sites (N-methyl/N-ethyl adjacent to an activating group) is 1. The van der Waals surface area contributed by atoms with Gasteiger partial charge in [0.2, 0.25) is 10.0 Å². The van der Waals surface area contributed by atoms with Crippen molar-refractivity contribution in [2.24, 2.45) is 0 Å². The minimum atomic E-state index is -3.77. The Kier molecular flexibility index (Phi) is 7.07. The lowest BCUT2D eigenvalue weighted by molar-refractivity contribution is 0.0504. The highest BCUT2D eigenvalue weighted by atomic mass is 32.2. The summed E-state index contributed by atoms with van der Waals surface area (Å²) in [6.07, 6.45) is -0.584. The second kappa shape index (κ2) is 8.26. The van der Waals surface area contributed by atoms with Gasteiger partial charge in [-0.15, -0.1) is 0 Å². The van der Waals surface area contributed by atoms with Gasteiger partial charge in [0, 0.05) is 19.6 Å². The van der Waals surface area contributed by atoms with Gasteiger partial charge in [0.15, 0.2) is 0 Å². The molecule has 0 aliphatic carbocycles. The maximum absolute atomic E-state index is 12.9. The van der Waals surface area contributed by atoms with Gasteiger partial charge in [-0.3, -0.25) is 0 Å². The number of amides is 1. The largest absolute Gasteiger partial charge is 0.495 e. The number of carbonyl (C=O) groups excluding carboxylic acids is 1. The van der Waals surface area contributed by atoms with Crippen LogP contribution in [0.5, 0.6) is 5.75 Å². The predicted octanol–water partition coefficient (Wildman–Crippen LogP) is 2.85. The summed E-state index contributed by atoms with van der Waals surface area (Å²) in [7, 11) is -0.861. The first-order valence-corrected chi connectivity index (χ1v) is 9.83. The first-order valence-electron chi connectivity index (χ1n) is 8.39. The van der Waals surface area contributed by atoms with Crippen LogP contribution in [0.15, 0.2) is 17.0 Å². The van der Waals surface area contributed by atoms with Crippen LogP contribution in [0, 0.1) is 13.8 Å². The molecule has 8 heteroatoms. The summed E-state index contributed by atoms with van der Waals surface area (Å²) in [4.78, 5) is 11.9. The lowest BCUT2D eigenvalue weighted by Gasteiger charge is -2.25. The number of hydrogen-bond acceptors (Lipinski definition) is 5. The van der Waals surface area contributed by atoms with Crippen LogP contribution in [0.1, 0.15) is 38.8 Å². The zero-order valence-corrected chi connectivity index (χ0v) is 17.7. The predicted molar refractivity (Wildman–Crippen MR) is 101 cm³/mol. The molecule has 1 rings (SSSR count). The van der Waals surface area contributed by atoms with Crippen LogP contribution in [0.2, 0.25) is 0 Å². The van der Waals surface area contributed by atoms with E-state index in [1.165, 1.54) is 18.5 Å². The molecule has 0 saturated heterocycles. The second-order valence-electron chi connectivity index (χ2n) is 7.42. The molecule has 0 aromatic heterocycles. The third kappa shape index (κ3) is 5.88. The number of alkyl carbamates (subject to hydrolysis) is 1. The van der Waals surface area contributed by atoms with Crippen molar-refractivity contribution in [1.82, 2.24) is 9.62 Å². The number of rotatable bonds is 6. The zero-order chi connectivity index (χ0) is 20.3. The molecule has 0 unspecified atom stereocenters. The number of carbonyl (C=O) groups is 1.